The summed E-state index contributed by atoms with van der Waals surface area (Å²) in [6.45, 7) is 1.88. The van der Waals surface area contributed by atoms with Crippen molar-refractivity contribution in [3.8, 4) is 5.69 Å². The molecule has 0 aliphatic heterocycles. The molecule has 0 unspecified atom stereocenters. The number of aromatic amines is 1. The van der Waals surface area contributed by atoms with Crippen LogP contribution in [0.3, 0.4) is 0 Å². The Labute approximate surface area is 159 Å². The van der Waals surface area contributed by atoms with E-state index in [0.29, 0.717) is 20.9 Å². The second kappa shape index (κ2) is 6.40. The van der Waals surface area contributed by atoms with E-state index in [-0.39, 0.29) is 0 Å². The van der Waals surface area contributed by atoms with Gasteiger partial charge in [0, 0.05) is 10.9 Å². The van der Waals surface area contributed by atoms with E-state index in [0.717, 1.165) is 35.6 Å². The number of nitrogens with zero attached hydrogens (tertiary/aromatic N) is 5. The average molecular weight is 393 g/mol. The summed E-state index contributed by atoms with van der Waals surface area (Å²) < 4.78 is 3.76. The van der Waals surface area contributed by atoms with Crippen LogP contribution < -0.4 is 0 Å². The molecule has 0 amide bonds. The number of halogens is 2. The lowest BCUT2D eigenvalue weighted by atomic mass is 10.3. The van der Waals surface area contributed by atoms with Crippen molar-refractivity contribution in [1.82, 2.24) is 24.7 Å². The first-order valence-electron chi connectivity index (χ1n) is 7.77. The van der Waals surface area contributed by atoms with Crippen LogP contribution in [0.5, 0.6) is 0 Å². The van der Waals surface area contributed by atoms with Crippen LogP contribution in [-0.4, -0.2) is 30.9 Å². The number of hydrogen-bond donors (Lipinski definition) is 1. The predicted molar refractivity (Wildman–Crippen MR) is 101 cm³/mol. The lowest BCUT2D eigenvalue weighted by molar-refractivity contribution is 0.772. The van der Waals surface area contributed by atoms with E-state index in [2.05, 4.69) is 20.4 Å². The Balaban J connectivity index is 1.72. The Morgan fingerprint density at radius 1 is 1.36 bits per heavy atom. The van der Waals surface area contributed by atoms with Gasteiger partial charge in [-0.1, -0.05) is 29.3 Å². The van der Waals surface area contributed by atoms with Crippen molar-refractivity contribution in [2.24, 2.45) is 5.10 Å². The molecule has 1 aliphatic carbocycles. The smallest absolute Gasteiger partial charge is 0.216 e. The molecule has 0 bridgehead atoms. The molecule has 9 heteroatoms. The predicted octanol–water partition coefficient (Wildman–Crippen LogP) is 4.50. The molecule has 1 N–H and O–H groups in total. The minimum atomic E-state index is 0.427. The van der Waals surface area contributed by atoms with Gasteiger partial charge in [-0.25, -0.2) is 4.68 Å². The number of aromatic nitrogens is 5. The molecular weight excluding hydrogens is 379 g/mol. The van der Waals surface area contributed by atoms with E-state index in [1.165, 1.54) is 0 Å². The van der Waals surface area contributed by atoms with Crippen molar-refractivity contribution in [1.29, 1.82) is 0 Å². The minimum absolute atomic E-state index is 0.427. The van der Waals surface area contributed by atoms with Crippen LogP contribution in [0.4, 0.5) is 0 Å². The topological polar surface area (TPSA) is 63.8 Å². The van der Waals surface area contributed by atoms with Gasteiger partial charge in [0.05, 0.1) is 23.2 Å². The van der Waals surface area contributed by atoms with E-state index in [1.807, 2.05) is 19.1 Å². The maximum absolute atomic E-state index is 6.52. The highest BCUT2D eigenvalue weighted by Gasteiger charge is 2.29. The molecule has 25 heavy (non-hydrogen) atoms. The standard InChI is InChI=1S/C16H14Cl2N6S/c1-9-13(8-19-24-15(10-5-6-10)20-21-16(24)25)14(18)23(22-9)12-4-2-3-11(17)7-12/h2-4,7-8,10H,5-6H2,1H3,(H,21,25)/b19-8+. The van der Waals surface area contributed by atoms with Gasteiger partial charge in [0.25, 0.3) is 0 Å². The van der Waals surface area contributed by atoms with Gasteiger partial charge < -0.3 is 0 Å². The third-order valence-corrected chi connectivity index (χ3v) is 4.88. The first-order valence-corrected chi connectivity index (χ1v) is 8.93. The fourth-order valence-corrected chi connectivity index (χ4v) is 3.27. The zero-order chi connectivity index (χ0) is 17.6. The summed E-state index contributed by atoms with van der Waals surface area (Å²) in [5, 5.41) is 17.1. The number of benzene rings is 1. The van der Waals surface area contributed by atoms with Crippen LogP contribution in [0.2, 0.25) is 10.2 Å². The summed E-state index contributed by atoms with van der Waals surface area (Å²) in [6, 6.07) is 7.35. The third kappa shape index (κ3) is 3.15. The molecule has 1 fully saturated rings. The molecule has 4 rings (SSSR count). The van der Waals surface area contributed by atoms with E-state index in [1.54, 1.807) is 27.7 Å². The molecule has 128 valence electrons. The van der Waals surface area contributed by atoms with Crippen LogP contribution in [-0.2, 0) is 0 Å². The van der Waals surface area contributed by atoms with Crippen LogP contribution in [0.1, 0.15) is 35.8 Å². The molecule has 1 aromatic carbocycles. The number of H-pyrrole nitrogens is 1. The maximum atomic E-state index is 6.52. The van der Waals surface area contributed by atoms with Gasteiger partial charge in [0.15, 0.2) is 5.82 Å². The van der Waals surface area contributed by atoms with Gasteiger partial charge >= 0.3 is 0 Å². The summed E-state index contributed by atoms with van der Waals surface area (Å²) in [5.74, 6) is 1.29. The summed E-state index contributed by atoms with van der Waals surface area (Å²) >= 11 is 17.8. The van der Waals surface area contributed by atoms with Crippen molar-refractivity contribution in [2.75, 3.05) is 0 Å². The second-order valence-electron chi connectivity index (χ2n) is 5.90. The molecule has 0 radical (unpaired) electrons. The Morgan fingerprint density at radius 3 is 2.88 bits per heavy atom. The highest BCUT2D eigenvalue weighted by atomic mass is 35.5. The monoisotopic (exact) mass is 392 g/mol. The minimum Gasteiger partial charge on any atom is -0.250 e. The largest absolute Gasteiger partial charge is 0.250 e. The maximum Gasteiger partial charge on any atom is 0.216 e. The summed E-state index contributed by atoms with van der Waals surface area (Å²) in [4.78, 5) is 0. The molecule has 0 spiro atoms. The number of rotatable bonds is 4. The van der Waals surface area contributed by atoms with E-state index < -0.39 is 0 Å². The molecule has 0 saturated heterocycles. The SMILES string of the molecule is Cc1nn(-c2cccc(Cl)c2)c(Cl)c1/C=N/n1c(C2CC2)n[nH]c1=S. The Morgan fingerprint density at radius 2 is 2.16 bits per heavy atom. The van der Waals surface area contributed by atoms with Crippen LogP contribution in [0.25, 0.3) is 5.69 Å². The molecule has 1 saturated carbocycles. The second-order valence-corrected chi connectivity index (χ2v) is 7.08. The first kappa shape index (κ1) is 16.5. The zero-order valence-corrected chi connectivity index (χ0v) is 15.6. The van der Waals surface area contributed by atoms with Crippen LogP contribution >= 0.6 is 35.4 Å². The van der Waals surface area contributed by atoms with Gasteiger partial charge in [0.1, 0.15) is 5.15 Å². The lowest BCUT2D eigenvalue weighted by Crippen LogP contribution is -1.98. The molecule has 1 aliphatic rings. The van der Waals surface area contributed by atoms with Crippen LogP contribution in [0, 0.1) is 11.7 Å². The quantitative estimate of drug-likeness (QED) is 0.524. The summed E-state index contributed by atoms with van der Waals surface area (Å²) in [7, 11) is 0. The molecule has 3 aromatic rings. The fourth-order valence-electron chi connectivity index (χ4n) is 2.57. The van der Waals surface area contributed by atoms with E-state index in [4.69, 9.17) is 35.4 Å². The van der Waals surface area contributed by atoms with Crippen molar-refractivity contribution in [3.63, 3.8) is 0 Å². The highest BCUT2D eigenvalue weighted by Crippen LogP contribution is 2.38. The van der Waals surface area contributed by atoms with Gasteiger partial charge in [-0.2, -0.15) is 20.0 Å². The number of aryl methyl sites for hydroxylation is 1. The highest BCUT2D eigenvalue weighted by molar-refractivity contribution is 7.71. The molecule has 2 aromatic heterocycles. The Bertz CT molecular complexity index is 1030. The summed E-state index contributed by atoms with van der Waals surface area (Å²) in [5.41, 5.74) is 2.28. The van der Waals surface area contributed by atoms with Crippen LogP contribution in [0.15, 0.2) is 29.4 Å². The van der Waals surface area contributed by atoms with E-state index in [9.17, 15) is 0 Å². The van der Waals surface area contributed by atoms with Crippen molar-refractivity contribution in [3.05, 3.63) is 56.3 Å². The number of hydrogen-bond acceptors (Lipinski definition) is 4. The molecule has 2 heterocycles. The molecule has 0 atom stereocenters. The van der Waals surface area contributed by atoms with Gasteiger partial charge in [-0.05, 0) is 50.2 Å². The third-order valence-electron chi connectivity index (χ3n) is 4.02. The normalized spacial score (nSPS) is 14.5. The Kier molecular flexibility index (Phi) is 4.23. The fraction of sp³-hybridized carbons (Fsp3) is 0.250. The Hall–Kier alpha value is -1.96. The zero-order valence-electron chi connectivity index (χ0n) is 13.3. The van der Waals surface area contributed by atoms with E-state index >= 15 is 0 Å². The average Bonchev–Trinajstić information content (AvgIpc) is 3.30. The first-order chi connectivity index (χ1) is 12.0. The molecule has 6 nitrogen and oxygen atoms in total. The van der Waals surface area contributed by atoms with Crippen molar-refractivity contribution >= 4 is 41.6 Å². The van der Waals surface area contributed by atoms with Gasteiger partial charge in [-0.3, -0.25) is 5.10 Å². The van der Waals surface area contributed by atoms with Crippen molar-refractivity contribution < 1.29 is 0 Å². The van der Waals surface area contributed by atoms with Crippen molar-refractivity contribution in [2.45, 2.75) is 25.7 Å². The van der Waals surface area contributed by atoms with Gasteiger partial charge in [-0.15, -0.1) is 0 Å². The van der Waals surface area contributed by atoms with Gasteiger partial charge in [0.2, 0.25) is 4.77 Å². The summed E-state index contributed by atoms with van der Waals surface area (Å²) in [6.07, 6.45) is 3.90. The molecular formula is C16H14Cl2N6S. The lowest BCUT2D eigenvalue weighted by Gasteiger charge is -2.03. The number of nitrogens with one attached hydrogen (secondary N) is 1.